The smallest absolute Gasteiger partial charge is 0.306 e. The van der Waals surface area contributed by atoms with Crippen LogP contribution in [0.5, 0.6) is 17.2 Å². The van der Waals surface area contributed by atoms with Crippen molar-refractivity contribution in [2.45, 2.75) is 6.42 Å². The largest absolute Gasteiger partial charge is 0.493 e. The fourth-order valence-corrected chi connectivity index (χ4v) is 1.51. The van der Waals surface area contributed by atoms with E-state index in [2.05, 4.69) is 0 Å². The van der Waals surface area contributed by atoms with Gasteiger partial charge in [-0.15, -0.1) is 0 Å². The molecule has 0 heterocycles. The van der Waals surface area contributed by atoms with Crippen LogP contribution >= 0.6 is 0 Å². The number of para-hydroxylation sites is 1. The van der Waals surface area contributed by atoms with Gasteiger partial charge in [0.05, 0.1) is 13.0 Å². The van der Waals surface area contributed by atoms with Crippen LogP contribution in [0, 0.1) is 0 Å². The highest BCUT2D eigenvalue weighted by Crippen LogP contribution is 2.24. The van der Waals surface area contributed by atoms with Gasteiger partial charge in [-0.3, -0.25) is 4.79 Å². The summed E-state index contributed by atoms with van der Waals surface area (Å²) in [5.41, 5.74) is 0. The number of carbonyl (C=O) groups is 1. The molecule has 4 heteroatoms. The zero-order chi connectivity index (χ0) is 13.5. The van der Waals surface area contributed by atoms with Gasteiger partial charge in [0.2, 0.25) is 0 Å². The van der Waals surface area contributed by atoms with Crippen molar-refractivity contribution in [3.8, 4) is 17.2 Å². The van der Waals surface area contributed by atoms with Crippen molar-refractivity contribution in [3.63, 3.8) is 0 Å². The average molecular weight is 258 g/mol. The fraction of sp³-hybridized carbons (Fsp3) is 0.133. The topological polar surface area (TPSA) is 55.8 Å². The number of ether oxygens (including phenoxy) is 2. The Balaban J connectivity index is 1.97. The van der Waals surface area contributed by atoms with Crippen LogP contribution in [0.4, 0.5) is 0 Å². The lowest BCUT2D eigenvalue weighted by atomic mass is 10.3. The Kier molecular flexibility index (Phi) is 4.39. The van der Waals surface area contributed by atoms with Gasteiger partial charge >= 0.3 is 5.97 Å². The van der Waals surface area contributed by atoms with Crippen molar-refractivity contribution in [2.24, 2.45) is 0 Å². The van der Waals surface area contributed by atoms with Gasteiger partial charge in [-0.25, -0.2) is 0 Å². The molecule has 0 amide bonds. The maximum absolute atomic E-state index is 10.4. The highest BCUT2D eigenvalue weighted by Gasteiger charge is 2.01. The molecule has 1 N–H and O–H groups in total. The number of benzene rings is 2. The molecule has 98 valence electrons. The molecule has 2 aromatic rings. The van der Waals surface area contributed by atoms with E-state index in [1.165, 1.54) is 0 Å². The molecule has 0 unspecified atom stereocenters. The predicted molar refractivity (Wildman–Crippen MR) is 70.7 cm³/mol. The van der Waals surface area contributed by atoms with Crippen LogP contribution in [0.2, 0.25) is 0 Å². The zero-order valence-electron chi connectivity index (χ0n) is 10.3. The number of rotatable bonds is 6. The Morgan fingerprint density at radius 1 is 0.947 bits per heavy atom. The molecule has 19 heavy (non-hydrogen) atoms. The predicted octanol–water partition coefficient (Wildman–Crippen LogP) is 3.33. The third-order valence-corrected chi connectivity index (χ3v) is 2.37. The maximum Gasteiger partial charge on any atom is 0.306 e. The van der Waals surface area contributed by atoms with E-state index in [1.807, 2.05) is 36.4 Å². The van der Waals surface area contributed by atoms with Crippen LogP contribution < -0.4 is 9.47 Å². The summed E-state index contributed by atoms with van der Waals surface area (Å²) in [6.07, 6.45) is -0.0240. The first-order valence-corrected chi connectivity index (χ1v) is 5.91. The molecule has 0 atom stereocenters. The average Bonchev–Trinajstić information content (AvgIpc) is 2.40. The van der Waals surface area contributed by atoms with Crippen LogP contribution in [0.25, 0.3) is 0 Å². The van der Waals surface area contributed by atoms with E-state index in [0.29, 0.717) is 11.5 Å². The van der Waals surface area contributed by atoms with Crippen molar-refractivity contribution in [1.29, 1.82) is 0 Å². The molecular weight excluding hydrogens is 244 g/mol. The number of aliphatic carboxylic acids is 1. The highest BCUT2D eigenvalue weighted by molar-refractivity contribution is 5.66. The molecule has 0 spiro atoms. The number of carboxylic acids is 1. The standard InChI is InChI=1S/C15H14O4/c16-15(17)9-10-18-13-7-4-8-14(11-13)19-12-5-2-1-3-6-12/h1-8,11H,9-10H2,(H,16,17). The van der Waals surface area contributed by atoms with Crippen molar-refractivity contribution in [2.75, 3.05) is 6.61 Å². The van der Waals surface area contributed by atoms with Gasteiger partial charge in [0, 0.05) is 6.07 Å². The van der Waals surface area contributed by atoms with Gasteiger partial charge in [0.15, 0.2) is 0 Å². The second-order valence-corrected chi connectivity index (χ2v) is 3.88. The first-order valence-electron chi connectivity index (χ1n) is 5.91. The Morgan fingerprint density at radius 3 is 2.37 bits per heavy atom. The summed E-state index contributed by atoms with van der Waals surface area (Å²) in [4.78, 5) is 10.4. The number of hydrogen-bond acceptors (Lipinski definition) is 3. The van der Waals surface area contributed by atoms with E-state index >= 15 is 0 Å². The van der Waals surface area contributed by atoms with E-state index in [4.69, 9.17) is 14.6 Å². The maximum atomic E-state index is 10.4. The summed E-state index contributed by atoms with van der Waals surface area (Å²) in [5.74, 6) is 1.11. The van der Waals surface area contributed by atoms with Crippen LogP contribution in [0.15, 0.2) is 54.6 Å². The fourth-order valence-electron chi connectivity index (χ4n) is 1.51. The second kappa shape index (κ2) is 6.44. The molecule has 0 aromatic heterocycles. The molecule has 0 fully saturated rings. The van der Waals surface area contributed by atoms with Crippen LogP contribution in [-0.4, -0.2) is 17.7 Å². The zero-order valence-corrected chi connectivity index (χ0v) is 10.3. The van der Waals surface area contributed by atoms with Crippen LogP contribution in [0.1, 0.15) is 6.42 Å². The van der Waals surface area contributed by atoms with Crippen molar-refractivity contribution in [3.05, 3.63) is 54.6 Å². The van der Waals surface area contributed by atoms with Gasteiger partial charge in [-0.1, -0.05) is 24.3 Å². The molecule has 0 saturated heterocycles. The normalized spacial score (nSPS) is 9.89. The first-order chi connectivity index (χ1) is 9.24. The summed E-state index contributed by atoms with van der Waals surface area (Å²) < 4.78 is 11.0. The molecule has 4 nitrogen and oxygen atoms in total. The van der Waals surface area contributed by atoms with Crippen molar-refractivity contribution >= 4 is 5.97 Å². The Bertz CT molecular complexity index is 537. The summed E-state index contributed by atoms with van der Waals surface area (Å²) in [7, 11) is 0. The monoisotopic (exact) mass is 258 g/mol. The summed E-state index contributed by atoms with van der Waals surface area (Å²) >= 11 is 0. The Hall–Kier alpha value is -2.49. The first kappa shape index (κ1) is 13.0. The number of hydrogen-bond donors (Lipinski definition) is 1. The lowest BCUT2D eigenvalue weighted by Crippen LogP contribution is -2.04. The Labute approximate surface area is 111 Å². The third-order valence-electron chi connectivity index (χ3n) is 2.37. The lowest BCUT2D eigenvalue weighted by Gasteiger charge is -2.08. The van der Waals surface area contributed by atoms with E-state index in [9.17, 15) is 4.79 Å². The minimum atomic E-state index is -0.878. The van der Waals surface area contributed by atoms with Gasteiger partial charge in [-0.05, 0) is 24.3 Å². The summed E-state index contributed by atoms with van der Waals surface area (Å²) in [5, 5.41) is 8.54. The summed E-state index contributed by atoms with van der Waals surface area (Å²) in [6.45, 7) is 0.143. The van der Waals surface area contributed by atoms with Crippen LogP contribution in [-0.2, 0) is 4.79 Å². The molecule has 2 aromatic carbocycles. The lowest BCUT2D eigenvalue weighted by molar-refractivity contribution is -0.137. The summed E-state index contributed by atoms with van der Waals surface area (Å²) in [6, 6.07) is 16.5. The van der Waals surface area contributed by atoms with Gasteiger partial charge in [0.25, 0.3) is 0 Å². The van der Waals surface area contributed by atoms with Crippen LogP contribution in [0.3, 0.4) is 0 Å². The van der Waals surface area contributed by atoms with Gasteiger partial charge in [0.1, 0.15) is 17.2 Å². The van der Waals surface area contributed by atoms with E-state index in [-0.39, 0.29) is 13.0 Å². The SMILES string of the molecule is O=C(O)CCOc1cccc(Oc2ccccc2)c1. The molecule has 0 aliphatic heterocycles. The van der Waals surface area contributed by atoms with Gasteiger partial charge in [-0.2, -0.15) is 0 Å². The molecule has 0 aliphatic carbocycles. The van der Waals surface area contributed by atoms with E-state index < -0.39 is 5.97 Å². The molecule has 0 bridgehead atoms. The molecule has 0 radical (unpaired) electrons. The quantitative estimate of drug-likeness (QED) is 0.863. The second-order valence-electron chi connectivity index (χ2n) is 3.88. The highest BCUT2D eigenvalue weighted by atomic mass is 16.5. The third kappa shape index (κ3) is 4.35. The number of carboxylic acid groups (broad SMARTS) is 1. The van der Waals surface area contributed by atoms with Gasteiger partial charge < -0.3 is 14.6 Å². The van der Waals surface area contributed by atoms with E-state index in [0.717, 1.165) is 5.75 Å². The van der Waals surface area contributed by atoms with Crippen molar-refractivity contribution < 1.29 is 19.4 Å². The molecule has 2 rings (SSSR count). The molecular formula is C15H14O4. The molecule has 0 aliphatic rings. The van der Waals surface area contributed by atoms with Crippen molar-refractivity contribution in [1.82, 2.24) is 0 Å². The minimum absolute atomic E-state index is 0.0240. The van der Waals surface area contributed by atoms with E-state index in [1.54, 1.807) is 18.2 Å². The Morgan fingerprint density at radius 2 is 1.63 bits per heavy atom. The molecule has 0 saturated carbocycles. The minimum Gasteiger partial charge on any atom is -0.493 e.